The summed E-state index contributed by atoms with van der Waals surface area (Å²) in [7, 11) is 1.93. The van der Waals surface area contributed by atoms with E-state index in [4.69, 9.17) is 0 Å². The molecule has 1 aromatic rings. The Balaban J connectivity index is 2.09. The van der Waals surface area contributed by atoms with Crippen LogP contribution in [0.15, 0.2) is 24.9 Å². The Labute approximate surface area is 79.5 Å². The number of rotatable bonds is 6. The quantitative estimate of drug-likeness (QED) is 0.529. The lowest BCUT2D eigenvalue weighted by molar-refractivity contribution is 0.633. The lowest BCUT2D eigenvalue weighted by atomic mass is 10.3. The number of nitrogens with one attached hydrogen (secondary N) is 1. The molecule has 3 heteroatoms. The fraction of sp³-hybridized carbons (Fsp3) is 0.500. The van der Waals surface area contributed by atoms with Gasteiger partial charge in [-0.3, -0.25) is 4.68 Å². The maximum atomic E-state index is 4.26. The molecule has 0 aromatic carbocycles. The topological polar surface area (TPSA) is 29.9 Å². The monoisotopic (exact) mass is 179 g/mol. The summed E-state index contributed by atoms with van der Waals surface area (Å²) in [6.45, 7) is 5.57. The molecule has 1 aromatic heterocycles. The average molecular weight is 179 g/mol. The van der Waals surface area contributed by atoms with Crippen LogP contribution in [0.3, 0.4) is 0 Å². The molecule has 0 amide bonds. The van der Waals surface area contributed by atoms with Crippen molar-refractivity contribution >= 4 is 0 Å². The summed E-state index contributed by atoms with van der Waals surface area (Å²) in [6, 6.07) is 2.03. The largest absolute Gasteiger partial charge is 0.311 e. The predicted octanol–water partition coefficient (Wildman–Crippen LogP) is 1.48. The maximum absolute atomic E-state index is 4.26. The first kappa shape index (κ1) is 9.99. The van der Waals surface area contributed by atoms with Gasteiger partial charge in [0.15, 0.2) is 0 Å². The zero-order valence-corrected chi connectivity index (χ0v) is 8.16. The second-order valence-electron chi connectivity index (χ2n) is 3.09. The average Bonchev–Trinajstić information content (AvgIpc) is 2.51. The van der Waals surface area contributed by atoms with Gasteiger partial charge in [-0.15, -0.1) is 6.58 Å². The second-order valence-corrected chi connectivity index (χ2v) is 3.09. The van der Waals surface area contributed by atoms with E-state index in [9.17, 15) is 0 Å². The van der Waals surface area contributed by atoms with Crippen molar-refractivity contribution in [2.45, 2.75) is 19.4 Å². The minimum atomic E-state index is 0.859. The highest BCUT2D eigenvalue weighted by atomic mass is 15.3. The lowest BCUT2D eigenvalue weighted by Crippen LogP contribution is -2.14. The molecule has 0 aliphatic carbocycles. The van der Waals surface area contributed by atoms with Crippen molar-refractivity contribution in [3.8, 4) is 0 Å². The van der Waals surface area contributed by atoms with E-state index in [2.05, 4.69) is 17.0 Å². The predicted molar refractivity (Wildman–Crippen MR) is 54.3 cm³/mol. The van der Waals surface area contributed by atoms with E-state index in [0.29, 0.717) is 0 Å². The second kappa shape index (κ2) is 5.54. The maximum Gasteiger partial charge on any atom is 0.0762 e. The molecule has 0 saturated carbocycles. The summed E-state index contributed by atoms with van der Waals surface area (Å²) in [5.41, 5.74) is 1.10. The van der Waals surface area contributed by atoms with Gasteiger partial charge in [0, 0.05) is 19.8 Å². The molecule has 0 aliphatic heterocycles. The lowest BCUT2D eigenvalue weighted by Gasteiger charge is -1.99. The van der Waals surface area contributed by atoms with Crippen molar-refractivity contribution in [3.63, 3.8) is 0 Å². The normalized spacial score (nSPS) is 10.2. The van der Waals surface area contributed by atoms with E-state index in [0.717, 1.165) is 31.6 Å². The molecule has 0 radical (unpaired) electrons. The van der Waals surface area contributed by atoms with Gasteiger partial charge in [-0.05, 0) is 25.5 Å². The number of unbranched alkanes of at least 4 members (excludes halogenated alkanes) is 1. The highest BCUT2D eigenvalue weighted by Gasteiger charge is 1.94. The van der Waals surface area contributed by atoms with Gasteiger partial charge < -0.3 is 5.32 Å². The van der Waals surface area contributed by atoms with Gasteiger partial charge in [-0.25, -0.2) is 0 Å². The van der Waals surface area contributed by atoms with Crippen LogP contribution in [0.4, 0.5) is 0 Å². The molecule has 1 N–H and O–H groups in total. The Kier molecular flexibility index (Phi) is 4.26. The number of aryl methyl sites for hydroxylation is 1. The number of hydrogen-bond donors (Lipinski definition) is 1. The molecule has 0 unspecified atom stereocenters. The molecular formula is C10H17N3. The Morgan fingerprint density at radius 2 is 2.54 bits per heavy atom. The van der Waals surface area contributed by atoms with E-state index in [1.165, 1.54) is 0 Å². The van der Waals surface area contributed by atoms with Crippen LogP contribution in [0.25, 0.3) is 0 Å². The van der Waals surface area contributed by atoms with Crippen molar-refractivity contribution in [1.29, 1.82) is 0 Å². The van der Waals surface area contributed by atoms with Gasteiger partial charge in [-0.1, -0.05) is 6.08 Å². The summed E-state index contributed by atoms with van der Waals surface area (Å²) < 4.78 is 1.82. The van der Waals surface area contributed by atoms with E-state index < -0.39 is 0 Å². The Morgan fingerprint density at radius 1 is 1.69 bits per heavy atom. The van der Waals surface area contributed by atoms with Crippen LogP contribution < -0.4 is 5.32 Å². The van der Waals surface area contributed by atoms with Gasteiger partial charge >= 0.3 is 0 Å². The van der Waals surface area contributed by atoms with Crippen molar-refractivity contribution in [1.82, 2.24) is 15.1 Å². The SMILES string of the molecule is C=CCCCNCc1ccn(C)n1. The van der Waals surface area contributed by atoms with E-state index >= 15 is 0 Å². The van der Waals surface area contributed by atoms with Crippen molar-refractivity contribution in [3.05, 3.63) is 30.6 Å². The summed E-state index contributed by atoms with van der Waals surface area (Å²) >= 11 is 0. The minimum Gasteiger partial charge on any atom is -0.311 e. The summed E-state index contributed by atoms with van der Waals surface area (Å²) in [6.07, 6.45) is 6.13. The van der Waals surface area contributed by atoms with Crippen LogP contribution in [-0.2, 0) is 13.6 Å². The van der Waals surface area contributed by atoms with Crippen LogP contribution in [0.5, 0.6) is 0 Å². The zero-order chi connectivity index (χ0) is 9.52. The standard InChI is InChI=1S/C10H17N3/c1-3-4-5-7-11-9-10-6-8-13(2)12-10/h3,6,8,11H,1,4-5,7,9H2,2H3. The smallest absolute Gasteiger partial charge is 0.0762 e. The fourth-order valence-electron chi connectivity index (χ4n) is 1.15. The first-order chi connectivity index (χ1) is 6.33. The summed E-state index contributed by atoms with van der Waals surface area (Å²) in [4.78, 5) is 0. The zero-order valence-electron chi connectivity index (χ0n) is 8.16. The third-order valence-electron chi connectivity index (χ3n) is 1.84. The van der Waals surface area contributed by atoms with Crippen molar-refractivity contribution < 1.29 is 0 Å². The van der Waals surface area contributed by atoms with Gasteiger partial charge in [0.25, 0.3) is 0 Å². The van der Waals surface area contributed by atoms with Crippen molar-refractivity contribution in [2.75, 3.05) is 6.54 Å². The molecule has 1 heterocycles. The van der Waals surface area contributed by atoms with Crippen LogP contribution in [-0.4, -0.2) is 16.3 Å². The minimum absolute atomic E-state index is 0.859. The van der Waals surface area contributed by atoms with Gasteiger partial charge in [0.05, 0.1) is 5.69 Å². The molecule has 0 saturated heterocycles. The first-order valence-corrected chi connectivity index (χ1v) is 4.63. The third kappa shape index (κ3) is 3.90. The van der Waals surface area contributed by atoms with Gasteiger partial charge in [0.1, 0.15) is 0 Å². The number of hydrogen-bond acceptors (Lipinski definition) is 2. The van der Waals surface area contributed by atoms with Crippen LogP contribution in [0, 0.1) is 0 Å². The molecule has 72 valence electrons. The third-order valence-corrected chi connectivity index (χ3v) is 1.84. The fourth-order valence-corrected chi connectivity index (χ4v) is 1.15. The molecule has 0 atom stereocenters. The van der Waals surface area contributed by atoms with Gasteiger partial charge in [-0.2, -0.15) is 5.10 Å². The molecule has 13 heavy (non-hydrogen) atoms. The Hall–Kier alpha value is -1.09. The molecule has 0 aliphatic rings. The van der Waals surface area contributed by atoms with Gasteiger partial charge in [0.2, 0.25) is 0 Å². The van der Waals surface area contributed by atoms with Crippen molar-refractivity contribution in [2.24, 2.45) is 7.05 Å². The van der Waals surface area contributed by atoms with E-state index in [1.54, 1.807) is 0 Å². The summed E-state index contributed by atoms with van der Waals surface area (Å²) in [5.74, 6) is 0. The number of nitrogens with zero attached hydrogens (tertiary/aromatic N) is 2. The Bertz CT molecular complexity index is 252. The molecule has 0 fully saturated rings. The molecule has 0 spiro atoms. The highest BCUT2D eigenvalue weighted by molar-refractivity contribution is 4.97. The van der Waals surface area contributed by atoms with Crippen LogP contribution in [0.1, 0.15) is 18.5 Å². The highest BCUT2D eigenvalue weighted by Crippen LogP contribution is 1.93. The molecule has 3 nitrogen and oxygen atoms in total. The molecule has 0 bridgehead atoms. The number of aromatic nitrogens is 2. The number of allylic oxidation sites excluding steroid dienone is 1. The summed E-state index contributed by atoms with van der Waals surface area (Å²) in [5, 5.41) is 7.59. The van der Waals surface area contributed by atoms with E-state index in [-0.39, 0.29) is 0 Å². The Morgan fingerprint density at radius 3 is 3.15 bits per heavy atom. The molecule has 1 rings (SSSR count). The molecular weight excluding hydrogens is 162 g/mol. The van der Waals surface area contributed by atoms with E-state index in [1.807, 2.05) is 30.1 Å². The first-order valence-electron chi connectivity index (χ1n) is 4.63. The van der Waals surface area contributed by atoms with Crippen LogP contribution >= 0.6 is 0 Å². The van der Waals surface area contributed by atoms with Crippen LogP contribution in [0.2, 0.25) is 0 Å².